The number of hydrogen-bond donors (Lipinski definition) is 1. The van der Waals surface area contributed by atoms with Gasteiger partial charge in [-0.15, -0.1) is 0 Å². The van der Waals surface area contributed by atoms with Crippen LogP contribution in [0.3, 0.4) is 0 Å². The first kappa shape index (κ1) is 18.4. The number of ether oxygens (including phenoxy) is 2. The normalized spacial score (nSPS) is 11.7. The average molecular weight is 368 g/mol. The van der Waals surface area contributed by atoms with Gasteiger partial charge in [0.05, 0.1) is 11.6 Å². The third kappa shape index (κ3) is 5.32. The van der Waals surface area contributed by atoms with Gasteiger partial charge in [0.1, 0.15) is 18.1 Å². The molecule has 0 fully saturated rings. The minimum Gasteiger partial charge on any atom is -0.492 e. The molecule has 1 N–H and O–H groups in total. The molecule has 0 aromatic heterocycles. The standard InChI is InChI=1S/C18H19Cl2NO3/c1-12-7-8-14(11-16(12)20)23-10-9-21-18(22)13(2)24-17-6-4-3-5-15(17)19/h3-8,11,13H,9-10H2,1-2H3,(H,21,22)/t13-/m1/s1. The van der Waals surface area contributed by atoms with Crippen LogP contribution < -0.4 is 14.8 Å². The summed E-state index contributed by atoms with van der Waals surface area (Å²) in [4.78, 5) is 12.0. The maximum atomic E-state index is 12.0. The zero-order chi connectivity index (χ0) is 17.5. The Morgan fingerprint density at radius 2 is 1.92 bits per heavy atom. The topological polar surface area (TPSA) is 47.6 Å². The molecule has 0 saturated heterocycles. The molecule has 0 bridgehead atoms. The van der Waals surface area contributed by atoms with E-state index in [9.17, 15) is 4.79 Å². The first-order valence-electron chi connectivity index (χ1n) is 7.55. The molecule has 0 heterocycles. The Morgan fingerprint density at radius 1 is 1.17 bits per heavy atom. The molecule has 0 aliphatic carbocycles. The van der Waals surface area contributed by atoms with Crippen LogP contribution in [0.15, 0.2) is 42.5 Å². The van der Waals surface area contributed by atoms with Crippen LogP contribution in [-0.4, -0.2) is 25.2 Å². The monoisotopic (exact) mass is 367 g/mol. The van der Waals surface area contributed by atoms with E-state index in [0.29, 0.717) is 34.7 Å². The number of carbonyl (C=O) groups is 1. The Labute approximate surface area is 151 Å². The molecule has 24 heavy (non-hydrogen) atoms. The molecule has 0 spiro atoms. The van der Waals surface area contributed by atoms with Crippen molar-refractivity contribution in [2.24, 2.45) is 0 Å². The Bertz CT molecular complexity index is 706. The van der Waals surface area contributed by atoms with Crippen LogP contribution in [0.5, 0.6) is 11.5 Å². The van der Waals surface area contributed by atoms with Crippen molar-refractivity contribution >= 4 is 29.1 Å². The third-order valence-corrected chi connectivity index (χ3v) is 4.04. The van der Waals surface area contributed by atoms with E-state index in [1.165, 1.54) is 0 Å². The Balaban J connectivity index is 1.74. The van der Waals surface area contributed by atoms with Gasteiger partial charge in [0.25, 0.3) is 5.91 Å². The summed E-state index contributed by atoms with van der Waals surface area (Å²) in [6.07, 6.45) is -0.654. The maximum absolute atomic E-state index is 12.0. The highest BCUT2D eigenvalue weighted by atomic mass is 35.5. The van der Waals surface area contributed by atoms with Gasteiger partial charge in [0.15, 0.2) is 6.10 Å². The van der Waals surface area contributed by atoms with E-state index in [4.69, 9.17) is 32.7 Å². The summed E-state index contributed by atoms with van der Waals surface area (Å²) in [7, 11) is 0. The van der Waals surface area contributed by atoms with E-state index in [-0.39, 0.29) is 5.91 Å². The Kier molecular flexibility index (Phi) is 6.76. The summed E-state index contributed by atoms with van der Waals surface area (Å²) in [5.41, 5.74) is 0.989. The lowest BCUT2D eigenvalue weighted by Gasteiger charge is -2.15. The number of para-hydroxylation sites is 1. The zero-order valence-corrected chi connectivity index (χ0v) is 15.0. The van der Waals surface area contributed by atoms with E-state index in [1.54, 1.807) is 37.3 Å². The van der Waals surface area contributed by atoms with Crippen LogP contribution >= 0.6 is 23.2 Å². The number of rotatable bonds is 7. The second-order valence-electron chi connectivity index (χ2n) is 5.24. The fraction of sp³-hybridized carbons (Fsp3) is 0.278. The van der Waals surface area contributed by atoms with Crippen molar-refractivity contribution in [3.63, 3.8) is 0 Å². The van der Waals surface area contributed by atoms with Crippen LogP contribution in [-0.2, 0) is 4.79 Å². The lowest BCUT2D eigenvalue weighted by molar-refractivity contribution is -0.127. The average Bonchev–Trinajstić information content (AvgIpc) is 2.56. The van der Waals surface area contributed by atoms with Crippen LogP contribution in [0.2, 0.25) is 10.0 Å². The number of amides is 1. The molecule has 6 heteroatoms. The number of nitrogens with one attached hydrogen (secondary N) is 1. The second kappa shape index (κ2) is 8.81. The summed E-state index contributed by atoms with van der Waals surface area (Å²) in [5, 5.41) is 3.87. The molecular formula is C18H19Cl2NO3. The molecule has 2 aromatic rings. The predicted molar refractivity (Wildman–Crippen MR) is 96.2 cm³/mol. The van der Waals surface area contributed by atoms with Gasteiger partial charge in [-0.05, 0) is 43.7 Å². The molecule has 0 radical (unpaired) electrons. The number of aryl methyl sites for hydroxylation is 1. The van der Waals surface area contributed by atoms with Gasteiger partial charge in [-0.2, -0.15) is 0 Å². The van der Waals surface area contributed by atoms with Gasteiger partial charge in [0, 0.05) is 5.02 Å². The van der Waals surface area contributed by atoms with Crippen molar-refractivity contribution in [2.45, 2.75) is 20.0 Å². The van der Waals surface area contributed by atoms with E-state index in [1.807, 2.05) is 19.1 Å². The molecular weight excluding hydrogens is 349 g/mol. The van der Waals surface area contributed by atoms with Crippen LogP contribution in [0.25, 0.3) is 0 Å². The molecule has 0 aliphatic heterocycles. The summed E-state index contributed by atoms with van der Waals surface area (Å²) in [6.45, 7) is 4.29. The van der Waals surface area contributed by atoms with Gasteiger partial charge >= 0.3 is 0 Å². The van der Waals surface area contributed by atoms with Crippen molar-refractivity contribution in [1.82, 2.24) is 5.32 Å². The van der Waals surface area contributed by atoms with E-state index >= 15 is 0 Å². The van der Waals surface area contributed by atoms with E-state index in [2.05, 4.69) is 5.32 Å². The molecule has 2 rings (SSSR count). The van der Waals surface area contributed by atoms with Crippen molar-refractivity contribution in [3.8, 4) is 11.5 Å². The van der Waals surface area contributed by atoms with Gasteiger partial charge in [-0.3, -0.25) is 4.79 Å². The molecule has 0 unspecified atom stereocenters. The minimum absolute atomic E-state index is 0.236. The van der Waals surface area contributed by atoms with Gasteiger partial charge < -0.3 is 14.8 Å². The maximum Gasteiger partial charge on any atom is 0.260 e. The fourth-order valence-corrected chi connectivity index (χ4v) is 2.29. The number of carbonyl (C=O) groups excluding carboxylic acids is 1. The lowest BCUT2D eigenvalue weighted by atomic mass is 10.2. The SMILES string of the molecule is Cc1ccc(OCCNC(=O)[C@@H](C)Oc2ccccc2Cl)cc1Cl. The van der Waals surface area contributed by atoms with Crippen LogP contribution in [0, 0.1) is 6.92 Å². The van der Waals surface area contributed by atoms with Gasteiger partial charge in [-0.1, -0.05) is 41.4 Å². The molecule has 1 amide bonds. The highest BCUT2D eigenvalue weighted by molar-refractivity contribution is 6.32. The molecule has 4 nitrogen and oxygen atoms in total. The number of benzene rings is 2. The highest BCUT2D eigenvalue weighted by Gasteiger charge is 2.15. The summed E-state index contributed by atoms with van der Waals surface area (Å²) in [5.74, 6) is 0.910. The van der Waals surface area contributed by atoms with E-state index < -0.39 is 6.10 Å². The van der Waals surface area contributed by atoms with Crippen molar-refractivity contribution in [2.75, 3.05) is 13.2 Å². The first-order chi connectivity index (χ1) is 11.5. The van der Waals surface area contributed by atoms with E-state index in [0.717, 1.165) is 5.56 Å². The number of hydrogen-bond acceptors (Lipinski definition) is 3. The highest BCUT2D eigenvalue weighted by Crippen LogP contribution is 2.24. The lowest BCUT2D eigenvalue weighted by Crippen LogP contribution is -2.38. The molecule has 1 atom stereocenters. The van der Waals surface area contributed by atoms with Crippen molar-refractivity contribution < 1.29 is 14.3 Å². The third-order valence-electron chi connectivity index (χ3n) is 3.32. The van der Waals surface area contributed by atoms with Gasteiger partial charge in [-0.25, -0.2) is 0 Å². The molecule has 0 saturated carbocycles. The summed E-state index contributed by atoms with van der Waals surface area (Å²) < 4.78 is 11.1. The second-order valence-corrected chi connectivity index (χ2v) is 6.06. The Morgan fingerprint density at radius 3 is 2.62 bits per heavy atom. The number of halogens is 2. The fourth-order valence-electron chi connectivity index (χ4n) is 1.93. The molecule has 2 aromatic carbocycles. The van der Waals surface area contributed by atoms with Crippen molar-refractivity contribution in [3.05, 3.63) is 58.1 Å². The van der Waals surface area contributed by atoms with Crippen molar-refractivity contribution in [1.29, 1.82) is 0 Å². The molecule has 128 valence electrons. The molecule has 0 aliphatic rings. The summed E-state index contributed by atoms with van der Waals surface area (Å²) >= 11 is 12.0. The zero-order valence-electron chi connectivity index (χ0n) is 13.5. The summed E-state index contributed by atoms with van der Waals surface area (Å²) in [6, 6.07) is 12.5. The smallest absolute Gasteiger partial charge is 0.260 e. The van der Waals surface area contributed by atoms with Gasteiger partial charge in [0.2, 0.25) is 0 Å². The quantitative estimate of drug-likeness (QED) is 0.743. The Hall–Kier alpha value is -1.91. The van der Waals surface area contributed by atoms with Crippen LogP contribution in [0.1, 0.15) is 12.5 Å². The largest absolute Gasteiger partial charge is 0.492 e. The predicted octanol–water partition coefficient (Wildman–Crippen LogP) is 4.26. The van der Waals surface area contributed by atoms with Crippen LogP contribution in [0.4, 0.5) is 0 Å². The minimum atomic E-state index is -0.654. The first-order valence-corrected chi connectivity index (χ1v) is 8.31.